The third kappa shape index (κ3) is 3.22. The first-order valence-corrected chi connectivity index (χ1v) is 7.99. The maximum Gasteiger partial charge on any atom is 0.174 e. The summed E-state index contributed by atoms with van der Waals surface area (Å²) >= 11 is 0. The molecular weight excluding hydrogens is 290 g/mol. The predicted molar refractivity (Wildman–Crippen MR) is 89.9 cm³/mol. The summed E-state index contributed by atoms with van der Waals surface area (Å²) in [4.78, 5) is 8.98. The van der Waals surface area contributed by atoms with Gasteiger partial charge in [-0.05, 0) is 54.0 Å². The highest BCUT2D eigenvalue weighted by atomic mass is 16.5. The molecule has 0 bridgehead atoms. The molecule has 1 fully saturated rings. The zero-order valence-corrected chi connectivity index (χ0v) is 14.7. The fourth-order valence-electron chi connectivity index (χ4n) is 3.35. The molecule has 23 heavy (non-hydrogen) atoms. The van der Waals surface area contributed by atoms with Crippen molar-refractivity contribution in [2.75, 3.05) is 5.32 Å². The van der Waals surface area contributed by atoms with Crippen molar-refractivity contribution in [3.8, 4) is 5.82 Å². The van der Waals surface area contributed by atoms with E-state index in [1.165, 1.54) is 0 Å². The maximum absolute atomic E-state index is 6.13. The second-order valence-electron chi connectivity index (χ2n) is 7.47. The van der Waals surface area contributed by atoms with Gasteiger partial charge in [0.15, 0.2) is 5.82 Å². The fraction of sp³-hybridized carbons (Fsp3) is 0.588. The Hall–Kier alpha value is -1.95. The van der Waals surface area contributed by atoms with E-state index >= 15 is 0 Å². The SMILES string of the molecule is Cc1cc(C)n(-c2cncc(NC3CC(C)(C)OC3(C)C)n2)n1. The molecule has 1 aliphatic rings. The van der Waals surface area contributed by atoms with Crippen molar-refractivity contribution in [1.29, 1.82) is 0 Å². The molecule has 2 aromatic rings. The van der Waals surface area contributed by atoms with Crippen LogP contribution in [-0.2, 0) is 4.74 Å². The van der Waals surface area contributed by atoms with Crippen LogP contribution in [0.25, 0.3) is 5.82 Å². The quantitative estimate of drug-likeness (QED) is 0.943. The number of rotatable bonds is 3. The van der Waals surface area contributed by atoms with Crippen LogP contribution in [0.2, 0.25) is 0 Å². The minimum absolute atomic E-state index is 0.137. The van der Waals surface area contributed by atoms with Gasteiger partial charge in [0.2, 0.25) is 0 Å². The zero-order chi connectivity index (χ0) is 16.8. The molecule has 0 aliphatic carbocycles. The Bertz CT molecular complexity index is 720. The third-order valence-corrected chi connectivity index (χ3v) is 4.24. The summed E-state index contributed by atoms with van der Waals surface area (Å²) < 4.78 is 7.94. The number of hydrogen-bond donors (Lipinski definition) is 1. The van der Waals surface area contributed by atoms with Crippen LogP contribution in [0.4, 0.5) is 5.82 Å². The van der Waals surface area contributed by atoms with Crippen LogP contribution in [0.3, 0.4) is 0 Å². The number of ether oxygens (including phenoxy) is 1. The molecule has 3 heterocycles. The summed E-state index contributed by atoms with van der Waals surface area (Å²) in [5.74, 6) is 1.46. The number of hydrogen-bond acceptors (Lipinski definition) is 5. The molecule has 6 heteroatoms. The number of nitrogens with zero attached hydrogens (tertiary/aromatic N) is 4. The van der Waals surface area contributed by atoms with E-state index in [1.807, 2.05) is 24.6 Å². The highest BCUT2D eigenvalue weighted by Gasteiger charge is 2.46. The van der Waals surface area contributed by atoms with Crippen LogP contribution in [0, 0.1) is 13.8 Å². The van der Waals surface area contributed by atoms with E-state index < -0.39 is 0 Å². The number of aromatic nitrogens is 4. The maximum atomic E-state index is 6.13. The summed E-state index contributed by atoms with van der Waals surface area (Å²) in [6.45, 7) is 12.4. The van der Waals surface area contributed by atoms with E-state index in [0.717, 1.165) is 29.4 Å². The Kier molecular flexibility index (Phi) is 3.67. The monoisotopic (exact) mass is 315 g/mol. The van der Waals surface area contributed by atoms with Crippen LogP contribution in [0.15, 0.2) is 18.5 Å². The Balaban J connectivity index is 1.85. The molecule has 1 saturated heterocycles. The molecule has 3 rings (SSSR count). The average Bonchev–Trinajstić information content (AvgIpc) is 2.85. The second kappa shape index (κ2) is 5.30. The normalized spacial score (nSPS) is 22.3. The highest BCUT2D eigenvalue weighted by molar-refractivity contribution is 5.39. The Morgan fingerprint density at radius 2 is 1.96 bits per heavy atom. The zero-order valence-electron chi connectivity index (χ0n) is 14.7. The lowest BCUT2D eigenvalue weighted by Gasteiger charge is -2.28. The molecule has 0 saturated carbocycles. The molecule has 1 aliphatic heterocycles. The lowest BCUT2D eigenvalue weighted by Crippen LogP contribution is -2.38. The van der Waals surface area contributed by atoms with E-state index in [4.69, 9.17) is 4.74 Å². The average molecular weight is 315 g/mol. The van der Waals surface area contributed by atoms with Gasteiger partial charge in [0, 0.05) is 5.69 Å². The first-order chi connectivity index (χ1) is 10.7. The van der Waals surface area contributed by atoms with Crippen molar-refractivity contribution >= 4 is 5.82 Å². The van der Waals surface area contributed by atoms with Gasteiger partial charge in [-0.3, -0.25) is 4.98 Å². The van der Waals surface area contributed by atoms with Gasteiger partial charge in [0.05, 0.1) is 35.3 Å². The fourth-order valence-corrected chi connectivity index (χ4v) is 3.35. The van der Waals surface area contributed by atoms with Crippen LogP contribution in [0.1, 0.15) is 45.5 Å². The largest absolute Gasteiger partial charge is 0.367 e. The van der Waals surface area contributed by atoms with Gasteiger partial charge in [-0.25, -0.2) is 9.67 Å². The second-order valence-corrected chi connectivity index (χ2v) is 7.47. The van der Waals surface area contributed by atoms with Gasteiger partial charge in [-0.1, -0.05) is 0 Å². The summed E-state index contributed by atoms with van der Waals surface area (Å²) in [5, 5.41) is 7.95. The van der Waals surface area contributed by atoms with Crippen LogP contribution in [0.5, 0.6) is 0 Å². The summed E-state index contributed by atoms with van der Waals surface area (Å²) in [6.07, 6.45) is 4.40. The lowest BCUT2D eigenvalue weighted by atomic mass is 9.94. The van der Waals surface area contributed by atoms with Crippen molar-refractivity contribution in [3.63, 3.8) is 0 Å². The summed E-state index contributed by atoms with van der Waals surface area (Å²) in [5.41, 5.74) is 1.62. The third-order valence-electron chi connectivity index (χ3n) is 4.24. The highest BCUT2D eigenvalue weighted by Crippen LogP contribution is 2.38. The van der Waals surface area contributed by atoms with E-state index in [9.17, 15) is 0 Å². The standard InChI is InChI=1S/C17H25N5O/c1-11-7-12(2)22(21-11)15-10-18-9-14(20-15)19-13-8-16(3,4)23-17(13,5)6/h7,9-10,13H,8H2,1-6H3,(H,19,20). The van der Waals surface area contributed by atoms with E-state index in [1.54, 1.807) is 12.4 Å². The molecule has 6 nitrogen and oxygen atoms in total. The molecule has 2 aromatic heterocycles. The molecule has 1 atom stereocenters. The minimum atomic E-state index is -0.251. The van der Waals surface area contributed by atoms with Crippen molar-refractivity contribution in [3.05, 3.63) is 29.8 Å². The number of anilines is 1. The molecular formula is C17H25N5O. The van der Waals surface area contributed by atoms with Crippen LogP contribution >= 0.6 is 0 Å². The van der Waals surface area contributed by atoms with Crippen molar-refractivity contribution in [1.82, 2.24) is 19.7 Å². The van der Waals surface area contributed by atoms with Gasteiger partial charge in [-0.2, -0.15) is 5.10 Å². The topological polar surface area (TPSA) is 64.9 Å². The summed E-state index contributed by atoms with van der Waals surface area (Å²) in [6, 6.07) is 2.21. The lowest BCUT2D eigenvalue weighted by molar-refractivity contribution is -0.0662. The van der Waals surface area contributed by atoms with E-state index in [-0.39, 0.29) is 17.2 Å². The molecule has 1 N–H and O–H groups in total. The molecule has 0 radical (unpaired) electrons. The predicted octanol–water partition coefficient (Wildman–Crippen LogP) is 3.04. The molecule has 124 valence electrons. The van der Waals surface area contributed by atoms with Crippen molar-refractivity contribution in [2.45, 2.75) is 65.2 Å². The van der Waals surface area contributed by atoms with Gasteiger partial charge in [-0.15, -0.1) is 0 Å². The van der Waals surface area contributed by atoms with Gasteiger partial charge in [0.25, 0.3) is 0 Å². The molecule has 0 aromatic carbocycles. The smallest absolute Gasteiger partial charge is 0.174 e. The van der Waals surface area contributed by atoms with E-state index in [0.29, 0.717) is 0 Å². The van der Waals surface area contributed by atoms with Crippen LogP contribution in [-0.4, -0.2) is 37.0 Å². The van der Waals surface area contributed by atoms with Crippen LogP contribution < -0.4 is 5.32 Å². The first-order valence-electron chi connectivity index (χ1n) is 7.99. The van der Waals surface area contributed by atoms with E-state index in [2.05, 4.69) is 48.1 Å². The van der Waals surface area contributed by atoms with Crippen molar-refractivity contribution in [2.24, 2.45) is 0 Å². The molecule has 0 spiro atoms. The van der Waals surface area contributed by atoms with Gasteiger partial charge in [0.1, 0.15) is 5.82 Å². The minimum Gasteiger partial charge on any atom is -0.367 e. The first kappa shape index (κ1) is 15.9. The Morgan fingerprint density at radius 3 is 2.52 bits per heavy atom. The number of nitrogens with one attached hydrogen (secondary N) is 1. The van der Waals surface area contributed by atoms with Gasteiger partial charge >= 0.3 is 0 Å². The number of aryl methyl sites for hydroxylation is 2. The molecule has 1 unspecified atom stereocenters. The molecule has 0 amide bonds. The Morgan fingerprint density at radius 1 is 1.22 bits per heavy atom. The Labute approximate surface area is 137 Å². The van der Waals surface area contributed by atoms with Gasteiger partial charge < -0.3 is 10.1 Å². The van der Waals surface area contributed by atoms with Crippen molar-refractivity contribution < 1.29 is 4.74 Å². The summed E-state index contributed by atoms with van der Waals surface area (Å²) in [7, 11) is 0.